The van der Waals surface area contributed by atoms with Gasteiger partial charge in [0.2, 0.25) is 0 Å². The number of rotatable bonds is 3. The highest BCUT2D eigenvalue weighted by atomic mass is 16.5. The molecule has 0 aliphatic carbocycles. The van der Waals surface area contributed by atoms with Gasteiger partial charge in [0.15, 0.2) is 0 Å². The quantitative estimate of drug-likeness (QED) is 0.832. The Labute approximate surface area is 160 Å². The Bertz CT molecular complexity index is 920. The molecule has 0 N–H and O–H groups in total. The van der Waals surface area contributed by atoms with Gasteiger partial charge in [0.25, 0.3) is 11.6 Å². The van der Waals surface area contributed by atoms with E-state index in [0.717, 1.165) is 41.5 Å². The first-order valence-electron chi connectivity index (χ1n) is 9.40. The Kier molecular flexibility index (Phi) is 4.10. The van der Waals surface area contributed by atoms with Crippen molar-refractivity contribution in [1.29, 1.82) is 0 Å². The van der Waals surface area contributed by atoms with Crippen LogP contribution in [-0.2, 0) is 4.79 Å². The maximum Gasteiger partial charge on any atom is 0.297 e. The molecule has 0 radical (unpaired) electrons. The third kappa shape index (κ3) is 2.49. The molecule has 27 heavy (non-hydrogen) atoms. The molecule has 2 aromatic carbocycles. The van der Waals surface area contributed by atoms with Crippen molar-refractivity contribution in [2.45, 2.75) is 19.6 Å². The van der Waals surface area contributed by atoms with Crippen LogP contribution in [0.4, 0.5) is 17.1 Å². The normalized spacial score (nSPS) is 20.4. The number of benzene rings is 2. The van der Waals surface area contributed by atoms with Crippen molar-refractivity contribution < 1.29 is 9.53 Å². The van der Waals surface area contributed by atoms with Gasteiger partial charge < -0.3 is 19.4 Å². The predicted molar refractivity (Wildman–Crippen MR) is 111 cm³/mol. The van der Waals surface area contributed by atoms with Gasteiger partial charge >= 0.3 is 0 Å². The summed E-state index contributed by atoms with van der Waals surface area (Å²) in [7, 11) is 3.71. The van der Waals surface area contributed by atoms with E-state index in [2.05, 4.69) is 30.9 Å². The summed E-state index contributed by atoms with van der Waals surface area (Å²) in [5.74, 6) is 0.633. The molecule has 4 rings (SSSR count). The second-order valence-electron chi connectivity index (χ2n) is 6.94. The lowest BCUT2D eigenvalue weighted by Crippen LogP contribution is -2.64. The molecule has 0 aromatic heterocycles. The molecule has 1 atom stereocenters. The zero-order valence-corrected chi connectivity index (χ0v) is 16.3. The molecule has 140 valence electrons. The molecule has 1 amide bonds. The number of hydrogen-bond acceptors (Lipinski definition) is 4. The van der Waals surface area contributed by atoms with Crippen molar-refractivity contribution in [2.24, 2.45) is 0 Å². The van der Waals surface area contributed by atoms with Gasteiger partial charge in [0, 0.05) is 44.5 Å². The summed E-state index contributed by atoms with van der Waals surface area (Å²) < 4.78 is 6.41. The van der Waals surface area contributed by atoms with E-state index in [9.17, 15) is 4.79 Å². The van der Waals surface area contributed by atoms with E-state index < -0.39 is 5.72 Å². The minimum Gasteiger partial charge on any atom is -0.454 e. The van der Waals surface area contributed by atoms with Gasteiger partial charge in [0.05, 0.1) is 11.4 Å². The van der Waals surface area contributed by atoms with Gasteiger partial charge in [0.1, 0.15) is 5.75 Å². The summed E-state index contributed by atoms with van der Waals surface area (Å²) >= 11 is 0. The SMILES string of the molecule is CCN(CC)c1ccc2c(c1)OC1(C=C2)C(=O)N(C)c2ccccc2N1C. The second-order valence-corrected chi connectivity index (χ2v) is 6.94. The number of likely N-dealkylation sites (N-methyl/N-ethyl adjacent to an activating group) is 2. The van der Waals surface area contributed by atoms with Gasteiger partial charge in [-0.1, -0.05) is 12.1 Å². The number of carbonyl (C=O) groups is 1. The van der Waals surface area contributed by atoms with Gasteiger partial charge in [-0.2, -0.15) is 0 Å². The van der Waals surface area contributed by atoms with Crippen LogP contribution in [0.5, 0.6) is 5.75 Å². The Morgan fingerprint density at radius 3 is 2.44 bits per heavy atom. The molecule has 2 aromatic rings. The molecule has 0 saturated heterocycles. The molecule has 5 nitrogen and oxygen atoms in total. The molecule has 0 bridgehead atoms. The summed E-state index contributed by atoms with van der Waals surface area (Å²) in [5, 5.41) is 0. The Morgan fingerprint density at radius 1 is 1.04 bits per heavy atom. The minimum atomic E-state index is -1.17. The summed E-state index contributed by atoms with van der Waals surface area (Å²) in [5.41, 5.74) is 2.77. The van der Waals surface area contributed by atoms with Crippen molar-refractivity contribution in [1.82, 2.24) is 0 Å². The van der Waals surface area contributed by atoms with Crippen molar-refractivity contribution in [2.75, 3.05) is 41.9 Å². The van der Waals surface area contributed by atoms with Crippen LogP contribution >= 0.6 is 0 Å². The summed E-state index contributed by atoms with van der Waals surface area (Å²) in [6.45, 7) is 6.11. The van der Waals surface area contributed by atoms with E-state index in [0.29, 0.717) is 0 Å². The molecule has 2 heterocycles. The zero-order valence-electron chi connectivity index (χ0n) is 16.3. The topological polar surface area (TPSA) is 36.0 Å². The largest absolute Gasteiger partial charge is 0.454 e. The van der Waals surface area contributed by atoms with Gasteiger partial charge in [-0.25, -0.2) is 0 Å². The number of anilines is 3. The highest BCUT2D eigenvalue weighted by molar-refractivity contribution is 6.09. The van der Waals surface area contributed by atoms with Crippen LogP contribution in [0, 0.1) is 0 Å². The number of nitrogens with zero attached hydrogens (tertiary/aromatic N) is 3. The Balaban J connectivity index is 1.79. The molecule has 2 aliphatic heterocycles. The molecular weight excluding hydrogens is 338 g/mol. The Morgan fingerprint density at radius 2 is 1.74 bits per heavy atom. The monoisotopic (exact) mass is 363 g/mol. The van der Waals surface area contributed by atoms with Gasteiger partial charge in [-0.3, -0.25) is 4.79 Å². The molecule has 1 spiro atoms. The maximum atomic E-state index is 13.3. The van der Waals surface area contributed by atoms with Gasteiger partial charge in [-0.15, -0.1) is 0 Å². The smallest absolute Gasteiger partial charge is 0.297 e. The van der Waals surface area contributed by atoms with Crippen LogP contribution < -0.4 is 19.4 Å². The van der Waals surface area contributed by atoms with Crippen molar-refractivity contribution in [3.8, 4) is 5.75 Å². The van der Waals surface area contributed by atoms with Gasteiger partial charge in [-0.05, 0) is 50.3 Å². The molecule has 0 fully saturated rings. The van der Waals surface area contributed by atoms with E-state index in [1.807, 2.05) is 54.4 Å². The standard InChI is InChI=1S/C22H25N3O2/c1-5-25(6-2)17-12-11-16-13-14-22(27-20(16)15-17)21(26)23(3)18-9-7-8-10-19(18)24(22)4/h7-15H,5-6H2,1-4H3. The van der Waals surface area contributed by atoms with E-state index in [1.54, 1.807) is 11.9 Å². The lowest BCUT2D eigenvalue weighted by atomic mass is 9.98. The summed E-state index contributed by atoms with van der Waals surface area (Å²) in [4.78, 5) is 19.2. The molecule has 1 unspecified atom stereocenters. The average Bonchev–Trinajstić information content (AvgIpc) is 2.71. The number of para-hydroxylation sites is 2. The predicted octanol–water partition coefficient (Wildman–Crippen LogP) is 3.75. The fourth-order valence-corrected chi connectivity index (χ4v) is 3.94. The Hall–Kier alpha value is -2.95. The number of ether oxygens (including phenoxy) is 1. The molecular formula is C22H25N3O2. The van der Waals surface area contributed by atoms with Crippen LogP contribution in [0.25, 0.3) is 6.08 Å². The van der Waals surface area contributed by atoms with Crippen molar-refractivity contribution in [3.05, 3.63) is 54.1 Å². The third-order valence-electron chi connectivity index (χ3n) is 5.59. The van der Waals surface area contributed by atoms with Crippen LogP contribution in [0.2, 0.25) is 0 Å². The number of amides is 1. The van der Waals surface area contributed by atoms with E-state index in [1.165, 1.54) is 0 Å². The molecule has 5 heteroatoms. The zero-order chi connectivity index (χ0) is 19.2. The summed E-state index contributed by atoms with van der Waals surface area (Å²) in [6, 6.07) is 14.1. The fraction of sp³-hybridized carbons (Fsp3) is 0.318. The number of carbonyl (C=O) groups excluding carboxylic acids is 1. The minimum absolute atomic E-state index is 0.0983. The van der Waals surface area contributed by atoms with Crippen LogP contribution in [-0.4, -0.2) is 38.8 Å². The average molecular weight is 363 g/mol. The lowest BCUT2D eigenvalue weighted by Gasteiger charge is -2.47. The maximum absolute atomic E-state index is 13.3. The number of hydrogen-bond donors (Lipinski definition) is 0. The van der Waals surface area contributed by atoms with Crippen LogP contribution in [0.15, 0.2) is 48.5 Å². The van der Waals surface area contributed by atoms with E-state index in [4.69, 9.17) is 4.74 Å². The van der Waals surface area contributed by atoms with E-state index >= 15 is 0 Å². The van der Waals surface area contributed by atoms with Crippen LogP contribution in [0.1, 0.15) is 19.4 Å². The van der Waals surface area contributed by atoms with Crippen molar-refractivity contribution in [3.63, 3.8) is 0 Å². The number of fused-ring (bicyclic) bond motifs is 2. The molecule has 2 aliphatic rings. The fourth-order valence-electron chi connectivity index (χ4n) is 3.94. The van der Waals surface area contributed by atoms with E-state index in [-0.39, 0.29) is 5.91 Å². The highest BCUT2D eigenvalue weighted by Gasteiger charge is 2.51. The first-order valence-corrected chi connectivity index (χ1v) is 9.40. The first-order chi connectivity index (χ1) is 13.0. The third-order valence-corrected chi connectivity index (χ3v) is 5.59. The summed E-state index contributed by atoms with van der Waals surface area (Å²) in [6.07, 6.45) is 3.85. The van der Waals surface area contributed by atoms with Crippen LogP contribution in [0.3, 0.4) is 0 Å². The second kappa shape index (κ2) is 6.34. The molecule has 0 saturated carbocycles. The first kappa shape index (κ1) is 17.5. The lowest BCUT2D eigenvalue weighted by molar-refractivity contribution is -0.130. The highest BCUT2D eigenvalue weighted by Crippen LogP contribution is 2.44. The van der Waals surface area contributed by atoms with Crippen molar-refractivity contribution >= 4 is 29.0 Å².